The molecule has 0 N–H and O–H groups in total. The van der Waals surface area contributed by atoms with Crippen molar-refractivity contribution in [3.63, 3.8) is 0 Å². The zero-order valence-electron chi connectivity index (χ0n) is 11.9. The lowest BCUT2D eigenvalue weighted by Crippen LogP contribution is -2.07. The number of ether oxygens (including phenoxy) is 1. The Morgan fingerprint density at radius 3 is 2.48 bits per heavy atom. The van der Waals surface area contributed by atoms with Gasteiger partial charge in [0.1, 0.15) is 4.92 Å². The normalized spacial score (nSPS) is 10.3. The van der Waals surface area contributed by atoms with Crippen LogP contribution in [0, 0.1) is 10.1 Å². The number of carbonyl (C=O) groups excluding carboxylic acids is 2. The molecule has 1 aromatic carbocycles. The number of hydrogen-bond acceptors (Lipinski definition) is 6. The molecule has 120 valence electrons. The minimum Gasteiger partial charge on any atom is -0.460 e. The molecule has 0 radical (unpaired) electrons. The van der Waals surface area contributed by atoms with Crippen molar-refractivity contribution in [2.75, 3.05) is 6.61 Å². The largest absolute Gasteiger partial charge is 0.460 e. The van der Waals surface area contributed by atoms with Gasteiger partial charge in [-0.05, 0) is 24.6 Å². The summed E-state index contributed by atoms with van der Waals surface area (Å²) >= 11 is 3.29. The van der Waals surface area contributed by atoms with Gasteiger partial charge in [-0.1, -0.05) is 28.1 Å². The molecule has 0 unspecified atom stereocenters. The maximum Gasteiger partial charge on any atom is 0.433 e. The van der Waals surface area contributed by atoms with Gasteiger partial charge in [-0.3, -0.25) is 14.9 Å². The minimum absolute atomic E-state index is 0.0234. The number of ketones is 1. The molecule has 0 aliphatic carbocycles. The third kappa shape index (κ3) is 4.75. The maximum atomic E-state index is 11.9. The molecule has 2 rings (SSSR count). The van der Waals surface area contributed by atoms with E-state index in [9.17, 15) is 19.7 Å². The van der Waals surface area contributed by atoms with Gasteiger partial charge in [0.2, 0.25) is 5.76 Å². The van der Waals surface area contributed by atoms with Gasteiger partial charge >= 0.3 is 11.9 Å². The highest BCUT2D eigenvalue weighted by Crippen LogP contribution is 2.17. The Labute approximate surface area is 139 Å². The molecule has 1 aromatic heterocycles. The Morgan fingerprint density at radius 2 is 1.87 bits per heavy atom. The summed E-state index contributed by atoms with van der Waals surface area (Å²) in [5.74, 6) is -1.62. The number of nitrogens with zero attached hydrogens (tertiary/aromatic N) is 1. The second kappa shape index (κ2) is 7.68. The van der Waals surface area contributed by atoms with Gasteiger partial charge in [0.05, 0.1) is 12.7 Å². The summed E-state index contributed by atoms with van der Waals surface area (Å²) in [6.07, 6.45) is 0.580. The van der Waals surface area contributed by atoms with Crippen LogP contribution in [-0.4, -0.2) is 23.3 Å². The van der Waals surface area contributed by atoms with Crippen molar-refractivity contribution in [2.24, 2.45) is 0 Å². The molecule has 7 nitrogen and oxygen atoms in total. The highest BCUT2D eigenvalue weighted by Gasteiger charge is 2.18. The zero-order chi connectivity index (χ0) is 16.8. The molecule has 0 saturated heterocycles. The van der Waals surface area contributed by atoms with Crippen LogP contribution in [0.5, 0.6) is 0 Å². The summed E-state index contributed by atoms with van der Waals surface area (Å²) in [5, 5.41) is 10.4. The van der Waals surface area contributed by atoms with E-state index < -0.39 is 16.8 Å². The van der Waals surface area contributed by atoms with E-state index in [1.807, 2.05) is 0 Å². The maximum absolute atomic E-state index is 11.9. The van der Waals surface area contributed by atoms with E-state index in [1.165, 1.54) is 6.07 Å². The molecule has 0 amide bonds. The number of nitro groups is 1. The lowest BCUT2D eigenvalue weighted by Gasteiger charge is -2.03. The summed E-state index contributed by atoms with van der Waals surface area (Å²) in [6, 6.07) is 9.22. The average Bonchev–Trinajstić information content (AvgIpc) is 3.02. The molecular weight excluding hydrogens is 370 g/mol. The first-order valence-electron chi connectivity index (χ1n) is 6.67. The standard InChI is InChI=1S/C15H12BrNO6/c16-11-5-3-10(4-6-11)12(18)2-1-9-22-15(19)13-7-8-14(23-13)17(20)21/h3-8H,1-2,9H2. The monoisotopic (exact) mass is 381 g/mol. The Balaban J connectivity index is 1.76. The molecule has 0 aliphatic rings. The molecule has 0 spiro atoms. The van der Waals surface area contributed by atoms with Crippen LogP contribution >= 0.6 is 15.9 Å². The van der Waals surface area contributed by atoms with Crippen molar-refractivity contribution in [2.45, 2.75) is 12.8 Å². The van der Waals surface area contributed by atoms with Gasteiger partial charge in [0, 0.05) is 16.5 Å². The summed E-state index contributed by atoms with van der Waals surface area (Å²) in [5.41, 5.74) is 0.584. The van der Waals surface area contributed by atoms with Crippen LogP contribution in [0.15, 0.2) is 45.3 Å². The number of carbonyl (C=O) groups is 2. The fourth-order valence-electron chi connectivity index (χ4n) is 1.78. The molecular formula is C15H12BrNO6. The number of rotatable bonds is 7. The van der Waals surface area contributed by atoms with E-state index in [0.717, 1.165) is 10.5 Å². The lowest BCUT2D eigenvalue weighted by atomic mass is 10.1. The summed E-state index contributed by atoms with van der Waals surface area (Å²) in [4.78, 5) is 33.2. The van der Waals surface area contributed by atoms with Crippen molar-refractivity contribution in [1.82, 2.24) is 0 Å². The van der Waals surface area contributed by atoms with Gasteiger partial charge in [-0.2, -0.15) is 0 Å². The van der Waals surface area contributed by atoms with Crippen LogP contribution in [0.1, 0.15) is 33.8 Å². The lowest BCUT2D eigenvalue weighted by molar-refractivity contribution is -0.402. The molecule has 2 aromatic rings. The Hall–Kier alpha value is -2.48. The second-order valence-corrected chi connectivity index (χ2v) is 5.48. The van der Waals surface area contributed by atoms with E-state index in [4.69, 9.17) is 9.15 Å². The number of benzene rings is 1. The number of esters is 1. The quantitative estimate of drug-likeness (QED) is 0.238. The molecule has 0 saturated carbocycles. The van der Waals surface area contributed by atoms with E-state index in [-0.39, 0.29) is 24.6 Å². The third-order valence-corrected chi connectivity index (χ3v) is 3.45. The van der Waals surface area contributed by atoms with Crippen LogP contribution in [0.2, 0.25) is 0 Å². The topological polar surface area (TPSA) is 99.7 Å². The number of Topliss-reactive ketones (excluding diaryl/α,β-unsaturated/α-hetero) is 1. The molecule has 1 heterocycles. The molecule has 8 heteroatoms. The van der Waals surface area contributed by atoms with E-state index >= 15 is 0 Å². The van der Waals surface area contributed by atoms with Gasteiger partial charge < -0.3 is 9.15 Å². The van der Waals surface area contributed by atoms with Crippen molar-refractivity contribution in [3.8, 4) is 0 Å². The molecule has 23 heavy (non-hydrogen) atoms. The van der Waals surface area contributed by atoms with Crippen molar-refractivity contribution >= 4 is 33.6 Å². The molecule has 0 bridgehead atoms. The van der Waals surface area contributed by atoms with Crippen LogP contribution in [0.25, 0.3) is 0 Å². The minimum atomic E-state index is -0.797. The predicted octanol–water partition coefficient (Wildman–Crippen LogP) is 3.77. The van der Waals surface area contributed by atoms with Gasteiger partial charge in [0.15, 0.2) is 5.78 Å². The smallest absolute Gasteiger partial charge is 0.433 e. The molecule has 0 fully saturated rings. The summed E-state index contributed by atoms with van der Waals surface area (Å²) in [6.45, 7) is 0.0234. The second-order valence-electron chi connectivity index (χ2n) is 4.56. The average molecular weight is 382 g/mol. The van der Waals surface area contributed by atoms with E-state index in [1.54, 1.807) is 24.3 Å². The predicted molar refractivity (Wildman–Crippen MR) is 83.4 cm³/mol. The Bertz CT molecular complexity index is 722. The first-order valence-corrected chi connectivity index (χ1v) is 7.47. The first kappa shape index (κ1) is 16.9. The summed E-state index contributed by atoms with van der Waals surface area (Å²) in [7, 11) is 0. The van der Waals surface area contributed by atoms with Gasteiger partial charge in [0.25, 0.3) is 0 Å². The van der Waals surface area contributed by atoms with Crippen LogP contribution in [0.3, 0.4) is 0 Å². The molecule has 0 atom stereocenters. The first-order chi connectivity index (χ1) is 11.0. The number of halogens is 1. The van der Waals surface area contributed by atoms with Gasteiger partial charge in [-0.15, -0.1) is 0 Å². The third-order valence-electron chi connectivity index (χ3n) is 2.92. The summed E-state index contributed by atoms with van der Waals surface area (Å²) < 4.78 is 10.5. The van der Waals surface area contributed by atoms with Crippen molar-refractivity contribution in [3.05, 3.63) is 62.3 Å². The van der Waals surface area contributed by atoms with E-state index in [2.05, 4.69) is 15.9 Å². The highest BCUT2D eigenvalue weighted by atomic mass is 79.9. The zero-order valence-corrected chi connectivity index (χ0v) is 13.4. The molecule has 0 aliphatic heterocycles. The Kier molecular flexibility index (Phi) is 5.64. The van der Waals surface area contributed by atoms with Crippen LogP contribution in [0.4, 0.5) is 5.88 Å². The SMILES string of the molecule is O=C(CCCOC(=O)c1ccc([N+](=O)[O-])o1)c1ccc(Br)cc1. The van der Waals surface area contributed by atoms with Crippen molar-refractivity contribution in [1.29, 1.82) is 0 Å². The highest BCUT2D eigenvalue weighted by molar-refractivity contribution is 9.10. The number of furan rings is 1. The van der Waals surface area contributed by atoms with Crippen molar-refractivity contribution < 1.29 is 23.7 Å². The van der Waals surface area contributed by atoms with Crippen LogP contribution in [-0.2, 0) is 4.74 Å². The fourth-order valence-corrected chi connectivity index (χ4v) is 2.05. The number of hydrogen-bond donors (Lipinski definition) is 0. The Morgan fingerprint density at radius 1 is 1.17 bits per heavy atom. The van der Waals surface area contributed by atoms with E-state index in [0.29, 0.717) is 12.0 Å². The fraction of sp³-hybridized carbons (Fsp3) is 0.200. The van der Waals surface area contributed by atoms with Crippen LogP contribution < -0.4 is 0 Å². The van der Waals surface area contributed by atoms with Gasteiger partial charge in [-0.25, -0.2) is 4.79 Å².